The normalized spacial score (nSPS) is 11.2. The molecule has 0 aliphatic heterocycles. The summed E-state index contributed by atoms with van der Waals surface area (Å²) >= 11 is 5.66. The molecule has 1 N–H and O–H groups in total. The molecule has 116 valence electrons. The zero-order valence-electron chi connectivity index (χ0n) is 11.2. The summed E-state index contributed by atoms with van der Waals surface area (Å²) in [4.78, 5) is 9.97. The molecule has 2 aromatic rings. The molecular formula is C13H10ClFN2O4S. The molecule has 2 rings (SSSR count). The number of rotatable bonds is 4. The van der Waals surface area contributed by atoms with Gasteiger partial charge < -0.3 is 0 Å². The predicted octanol–water partition coefficient (Wildman–Crippen LogP) is 3.50. The molecule has 22 heavy (non-hydrogen) atoms. The topological polar surface area (TPSA) is 89.3 Å². The lowest BCUT2D eigenvalue weighted by atomic mass is 10.2. The minimum Gasteiger partial charge on any atom is -0.279 e. The van der Waals surface area contributed by atoms with Crippen LogP contribution in [0.25, 0.3) is 0 Å². The average molecular weight is 345 g/mol. The molecule has 0 fully saturated rings. The van der Waals surface area contributed by atoms with Gasteiger partial charge in [-0.05, 0) is 42.8 Å². The molecule has 0 bridgehead atoms. The highest BCUT2D eigenvalue weighted by atomic mass is 35.5. The number of hydrogen-bond donors (Lipinski definition) is 1. The van der Waals surface area contributed by atoms with Crippen molar-refractivity contribution in [3.05, 3.63) is 62.9 Å². The maximum atomic E-state index is 13.0. The Kier molecular flexibility index (Phi) is 4.34. The second-order valence-electron chi connectivity index (χ2n) is 4.44. The van der Waals surface area contributed by atoms with Crippen molar-refractivity contribution in [1.82, 2.24) is 0 Å². The number of nitrogens with one attached hydrogen (secondary N) is 1. The van der Waals surface area contributed by atoms with Crippen LogP contribution >= 0.6 is 11.6 Å². The van der Waals surface area contributed by atoms with E-state index < -0.39 is 26.5 Å². The van der Waals surface area contributed by atoms with E-state index in [1.54, 1.807) is 0 Å². The Morgan fingerprint density at radius 2 is 1.91 bits per heavy atom. The van der Waals surface area contributed by atoms with Crippen LogP contribution in [0.5, 0.6) is 0 Å². The van der Waals surface area contributed by atoms with Gasteiger partial charge in [-0.15, -0.1) is 0 Å². The van der Waals surface area contributed by atoms with Crippen LogP contribution in [0.4, 0.5) is 15.8 Å². The zero-order valence-corrected chi connectivity index (χ0v) is 12.8. The number of halogens is 2. The minimum atomic E-state index is -4.00. The van der Waals surface area contributed by atoms with E-state index in [9.17, 15) is 22.9 Å². The van der Waals surface area contributed by atoms with Crippen molar-refractivity contribution in [3.8, 4) is 0 Å². The summed E-state index contributed by atoms with van der Waals surface area (Å²) in [6, 6.07) is 6.75. The number of hydrogen-bond acceptors (Lipinski definition) is 4. The summed E-state index contributed by atoms with van der Waals surface area (Å²) in [6.45, 7) is 1.45. The van der Waals surface area contributed by atoms with Crippen LogP contribution in [0.2, 0.25) is 5.02 Å². The first-order chi connectivity index (χ1) is 10.2. The molecule has 0 aliphatic carbocycles. The largest absolute Gasteiger partial charge is 0.289 e. The summed E-state index contributed by atoms with van der Waals surface area (Å²) in [5.74, 6) is -0.557. The highest BCUT2D eigenvalue weighted by molar-refractivity contribution is 7.92. The fourth-order valence-electron chi connectivity index (χ4n) is 1.84. The van der Waals surface area contributed by atoms with Gasteiger partial charge in [-0.2, -0.15) is 0 Å². The summed E-state index contributed by atoms with van der Waals surface area (Å²) < 4.78 is 39.8. The number of nitrogens with zero attached hydrogens (tertiary/aromatic N) is 1. The Morgan fingerprint density at radius 3 is 2.50 bits per heavy atom. The van der Waals surface area contributed by atoms with Gasteiger partial charge >= 0.3 is 0 Å². The number of nitro benzene ring substituents is 1. The molecule has 9 heteroatoms. The molecular weight excluding hydrogens is 335 g/mol. The lowest BCUT2D eigenvalue weighted by Crippen LogP contribution is -2.14. The van der Waals surface area contributed by atoms with Crippen molar-refractivity contribution in [1.29, 1.82) is 0 Å². The summed E-state index contributed by atoms with van der Waals surface area (Å²) in [7, 11) is -4.00. The quantitative estimate of drug-likeness (QED) is 0.679. The first kappa shape index (κ1) is 16.2. The van der Waals surface area contributed by atoms with Crippen molar-refractivity contribution >= 4 is 33.0 Å². The van der Waals surface area contributed by atoms with Crippen LogP contribution in [0.15, 0.2) is 41.3 Å². The second kappa shape index (κ2) is 5.90. The Bertz CT molecular complexity index is 855. The Labute approximate surface area is 130 Å². The van der Waals surface area contributed by atoms with Gasteiger partial charge in [0.2, 0.25) is 0 Å². The van der Waals surface area contributed by atoms with E-state index in [0.717, 1.165) is 24.3 Å². The van der Waals surface area contributed by atoms with Crippen LogP contribution in [-0.4, -0.2) is 13.3 Å². The molecule has 0 saturated heterocycles. The molecule has 0 heterocycles. The molecule has 0 radical (unpaired) electrons. The van der Waals surface area contributed by atoms with Crippen LogP contribution in [0, 0.1) is 22.9 Å². The third-order valence-electron chi connectivity index (χ3n) is 2.82. The zero-order chi connectivity index (χ0) is 16.5. The molecule has 0 aromatic heterocycles. The van der Waals surface area contributed by atoms with E-state index in [0.29, 0.717) is 0 Å². The first-order valence-electron chi connectivity index (χ1n) is 5.93. The summed E-state index contributed by atoms with van der Waals surface area (Å²) in [6.07, 6.45) is 0. The molecule has 2 aromatic carbocycles. The van der Waals surface area contributed by atoms with Gasteiger partial charge in [-0.3, -0.25) is 14.8 Å². The smallest absolute Gasteiger partial charge is 0.279 e. The lowest BCUT2D eigenvalue weighted by Gasteiger charge is -2.10. The Balaban J connectivity index is 2.41. The highest BCUT2D eigenvalue weighted by Crippen LogP contribution is 2.29. The fourth-order valence-corrected chi connectivity index (χ4v) is 3.30. The van der Waals surface area contributed by atoms with E-state index >= 15 is 0 Å². The van der Waals surface area contributed by atoms with E-state index in [1.807, 2.05) is 0 Å². The van der Waals surface area contributed by atoms with Crippen LogP contribution in [-0.2, 0) is 10.0 Å². The molecule has 0 unspecified atom stereocenters. The molecule has 0 amide bonds. The van der Waals surface area contributed by atoms with Crippen molar-refractivity contribution in [2.75, 3.05) is 4.72 Å². The number of benzene rings is 2. The third-order valence-corrected chi connectivity index (χ3v) is 4.68. The fraction of sp³-hybridized carbons (Fsp3) is 0.0769. The van der Waals surface area contributed by atoms with Gasteiger partial charge in [0.15, 0.2) is 0 Å². The number of sulfonamides is 1. The number of nitro groups is 1. The van der Waals surface area contributed by atoms with E-state index in [-0.39, 0.29) is 21.2 Å². The highest BCUT2D eigenvalue weighted by Gasteiger charge is 2.20. The average Bonchev–Trinajstić information content (AvgIpc) is 2.39. The van der Waals surface area contributed by atoms with Crippen molar-refractivity contribution in [2.45, 2.75) is 11.8 Å². The van der Waals surface area contributed by atoms with Gasteiger partial charge in [0.1, 0.15) is 10.8 Å². The van der Waals surface area contributed by atoms with E-state index in [4.69, 9.17) is 11.6 Å². The van der Waals surface area contributed by atoms with Gasteiger partial charge in [0.25, 0.3) is 15.7 Å². The SMILES string of the molecule is Cc1cc(F)ccc1S(=O)(=O)Nc1ccc(Cl)c([N+](=O)[O-])c1. The van der Waals surface area contributed by atoms with Crippen LogP contribution in [0.1, 0.15) is 5.56 Å². The Morgan fingerprint density at radius 1 is 1.23 bits per heavy atom. The Hall–Kier alpha value is -2.19. The molecule has 0 aliphatic rings. The lowest BCUT2D eigenvalue weighted by molar-refractivity contribution is -0.384. The van der Waals surface area contributed by atoms with Gasteiger partial charge in [0, 0.05) is 6.07 Å². The van der Waals surface area contributed by atoms with Gasteiger partial charge in [-0.1, -0.05) is 11.6 Å². The molecule has 0 saturated carbocycles. The number of aryl methyl sites for hydroxylation is 1. The minimum absolute atomic E-state index is 0.0141. The summed E-state index contributed by atoms with van der Waals surface area (Å²) in [5, 5.41) is 10.7. The predicted molar refractivity (Wildman–Crippen MR) is 80.1 cm³/mol. The van der Waals surface area contributed by atoms with E-state index in [2.05, 4.69) is 4.72 Å². The monoisotopic (exact) mass is 344 g/mol. The standard InChI is InChI=1S/C13H10ClFN2O4S/c1-8-6-9(15)2-5-13(8)22(20,21)16-10-3-4-11(14)12(7-10)17(18)19/h2-7,16H,1H3. The maximum absolute atomic E-state index is 13.0. The van der Waals surface area contributed by atoms with E-state index in [1.165, 1.54) is 19.1 Å². The van der Waals surface area contributed by atoms with Crippen LogP contribution in [0.3, 0.4) is 0 Å². The van der Waals surface area contributed by atoms with Gasteiger partial charge in [0.05, 0.1) is 15.5 Å². The second-order valence-corrected chi connectivity index (χ2v) is 6.50. The third kappa shape index (κ3) is 3.34. The van der Waals surface area contributed by atoms with Crippen molar-refractivity contribution < 1.29 is 17.7 Å². The molecule has 0 atom stereocenters. The van der Waals surface area contributed by atoms with Crippen molar-refractivity contribution in [2.24, 2.45) is 0 Å². The summed E-state index contributed by atoms with van der Waals surface area (Å²) in [5.41, 5.74) is -0.214. The van der Waals surface area contributed by atoms with Gasteiger partial charge in [-0.25, -0.2) is 12.8 Å². The number of anilines is 1. The van der Waals surface area contributed by atoms with Crippen LogP contribution < -0.4 is 4.72 Å². The first-order valence-corrected chi connectivity index (χ1v) is 7.80. The van der Waals surface area contributed by atoms with Crippen molar-refractivity contribution in [3.63, 3.8) is 0 Å². The molecule has 6 nitrogen and oxygen atoms in total. The molecule has 0 spiro atoms. The maximum Gasteiger partial charge on any atom is 0.289 e.